The molecular formula is C11H18O3. The van der Waals surface area contributed by atoms with E-state index in [4.69, 9.17) is 5.11 Å². The summed E-state index contributed by atoms with van der Waals surface area (Å²) in [4.78, 5) is 22.3. The van der Waals surface area contributed by atoms with E-state index in [-0.39, 0.29) is 17.1 Å². The van der Waals surface area contributed by atoms with Gasteiger partial charge in [0, 0.05) is 11.8 Å². The number of aliphatic carboxylic acids is 1. The second-order valence-electron chi connectivity index (χ2n) is 4.45. The Balaban J connectivity index is 2.57. The van der Waals surface area contributed by atoms with E-state index in [1.807, 2.05) is 13.8 Å². The molecule has 0 amide bonds. The fraction of sp³-hybridized carbons (Fsp3) is 0.818. The highest BCUT2D eigenvalue weighted by atomic mass is 16.4. The van der Waals surface area contributed by atoms with Crippen LogP contribution in [0.2, 0.25) is 0 Å². The van der Waals surface area contributed by atoms with Gasteiger partial charge in [-0.25, -0.2) is 0 Å². The number of carbonyl (C=O) groups excluding carboxylic acids is 1. The van der Waals surface area contributed by atoms with Crippen molar-refractivity contribution < 1.29 is 14.7 Å². The van der Waals surface area contributed by atoms with E-state index in [0.717, 1.165) is 12.8 Å². The lowest BCUT2D eigenvalue weighted by Crippen LogP contribution is -2.34. The lowest BCUT2D eigenvalue weighted by molar-refractivity contribution is -0.145. The number of hydrogen-bond acceptors (Lipinski definition) is 2. The number of carboxylic acids is 1. The van der Waals surface area contributed by atoms with Gasteiger partial charge in [0.1, 0.15) is 5.78 Å². The van der Waals surface area contributed by atoms with E-state index >= 15 is 0 Å². The van der Waals surface area contributed by atoms with E-state index in [9.17, 15) is 9.59 Å². The third-order valence-corrected chi connectivity index (χ3v) is 3.43. The molecule has 0 heterocycles. The molecule has 0 saturated heterocycles. The Morgan fingerprint density at radius 2 is 1.86 bits per heavy atom. The molecule has 3 heteroatoms. The largest absolute Gasteiger partial charge is 0.481 e. The molecule has 0 unspecified atom stereocenters. The number of carboxylic acid groups (broad SMARTS) is 1. The van der Waals surface area contributed by atoms with Crippen LogP contribution in [-0.4, -0.2) is 16.9 Å². The molecule has 0 aromatic carbocycles. The van der Waals surface area contributed by atoms with Crippen molar-refractivity contribution in [2.24, 2.45) is 11.3 Å². The molecule has 3 nitrogen and oxygen atoms in total. The van der Waals surface area contributed by atoms with Gasteiger partial charge in [-0.1, -0.05) is 13.8 Å². The Morgan fingerprint density at radius 1 is 1.36 bits per heavy atom. The standard InChI is InChI=1S/C11H18O3/c1-3-9(12)11(2)6-4-8(5-7-11)10(13)14/h8H,3-7H2,1-2H3,(H,13,14). The van der Waals surface area contributed by atoms with Crippen LogP contribution >= 0.6 is 0 Å². The van der Waals surface area contributed by atoms with Crippen molar-refractivity contribution in [3.63, 3.8) is 0 Å². The van der Waals surface area contributed by atoms with Crippen molar-refractivity contribution >= 4 is 11.8 Å². The molecule has 0 spiro atoms. The Bertz CT molecular complexity index is 237. The minimum absolute atomic E-state index is 0.229. The van der Waals surface area contributed by atoms with E-state index < -0.39 is 5.97 Å². The molecule has 14 heavy (non-hydrogen) atoms. The third-order valence-electron chi connectivity index (χ3n) is 3.43. The summed E-state index contributed by atoms with van der Waals surface area (Å²) in [5, 5.41) is 8.82. The van der Waals surface area contributed by atoms with Gasteiger partial charge in [-0.05, 0) is 25.7 Å². The molecular weight excluding hydrogens is 180 g/mol. The predicted octanol–water partition coefficient (Wildman–Crippen LogP) is 2.25. The monoisotopic (exact) mass is 198 g/mol. The Morgan fingerprint density at radius 3 is 2.21 bits per heavy atom. The molecule has 1 fully saturated rings. The summed E-state index contributed by atoms with van der Waals surface area (Å²) < 4.78 is 0. The first-order valence-corrected chi connectivity index (χ1v) is 5.25. The lowest BCUT2D eigenvalue weighted by Gasteiger charge is -2.34. The lowest BCUT2D eigenvalue weighted by atomic mass is 9.69. The maximum Gasteiger partial charge on any atom is 0.306 e. The van der Waals surface area contributed by atoms with Gasteiger partial charge in [-0.2, -0.15) is 0 Å². The number of ketones is 1. The highest BCUT2D eigenvalue weighted by Crippen LogP contribution is 2.39. The molecule has 1 N–H and O–H groups in total. The van der Waals surface area contributed by atoms with Crippen LogP contribution in [0.5, 0.6) is 0 Å². The Kier molecular flexibility index (Phi) is 3.29. The third kappa shape index (κ3) is 2.14. The number of hydrogen-bond donors (Lipinski definition) is 1. The molecule has 0 radical (unpaired) electrons. The second-order valence-corrected chi connectivity index (χ2v) is 4.45. The molecule has 0 aromatic rings. The molecule has 0 aromatic heterocycles. The van der Waals surface area contributed by atoms with Crippen molar-refractivity contribution in [3.05, 3.63) is 0 Å². The molecule has 0 aliphatic heterocycles. The number of rotatable bonds is 3. The summed E-state index contributed by atoms with van der Waals surface area (Å²) >= 11 is 0. The predicted molar refractivity (Wildman–Crippen MR) is 53.0 cm³/mol. The first-order chi connectivity index (χ1) is 6.49. The smallest absolute Gasteiger partial charge is 0.306 e. The average molecular weight is 198 g/mol. The van der Waals surface area contributed by atoms with Gasteiger partial charge in [0.05, 0.1) is 5.92 Å². The molecule has 1 aliphatic rings. The minimum Gasteiger partial charge on any atom is -0.481 e. The Labute approximate surface area is 84.5 Å². The quantitative estimate of drug-likeness (QED) is 0.756. The summed E-state index contributed by atoms with van der Waals surface area (Å²) in [6.45, 7) is 3.84. The zero-order valence-electron chi connectivity index (χ0n) is 8.88. The normalized spacial score (nSPS) is 32.6. The molecule has 1 rings (SSSR count). The first-order valence-electron chi connectivity index (χ1n) is 5.25. The SMILES string of the molecule is CCC(=O)C1(C)CCC(C(=O)O)CC1. The van der Waals surface area contributed by atoms with Crippen LogP contribution in [0, 0.1) is 11.3 Å². The topological polar surface area (TPSA) is 54.4 Å². The van der Waals surface area contributed by atoms with E-state index in [2.05, 4.69) is 0 Å². The fourth-order valence-electron chi connectivity index (χ4n) is 2.21. The van der Waals surface area contributed by atoms with Gasteiger partial charge < -0.3 is 5.11 Å². The van der Waals surface area contributed by atoms with Crippen LogP contribution in [0.3, 0.4) is 0 Å². The van der Waals surface area contributed by atoms with Gasteiger partial charge in [0.25, 0.3) is 0 Å². The zero-order chi connectivity index (χ0) is 10.8. The molecule has 0 atom stereocenters. The van der Waals surface area contributed by atoms with Crippen LogP contribution in [0.1, 0.15) is 46.0 Å². The van der Waals surface area contributed by atoms with Gasteiger partial charge in [0.15, 0.2) is 0 Å². The van der Waals surface area contributed by atoms with Gasteiger partial charge >= 0.3 is 5.97 Å². The average Bonchev–Trinajstić information content (AvgIpc) is 2.17. The fourth-order valence-corrected chi connectivity index (χ4v) is 2.21. The summed E-state index contributed by atoms with van der Waals surface area (Å²) in [5.41, 5.74) is -0.249. The van der Waals surface area contributed by atoms with Gasteiger partial charge in [-0.15, -0.1) is 0 Å². The van der Waals surface area contributed by atoms with Crippen molar-refractivity contribution in [3.8, 4) is 0 Å². The van der Waals surface area contributed by atoms with E-state index in [0.29, 0.717) is 19.3 Å². The van der Waals surface area contributed by atoms with E-state index in [1.165, 1.54) is 0 Å². The highest BCUT2D eigenvalue weighted by molar-refractivity contribution is 5.84. The maximum absolute atomic E-state index is 11.6. The number of carbonyl (C=O) groups is 2. The van der Waals surface area contributed by atoms with Crippen molar-refractivity contribution in [2.45, 2.75) is 46.0 Å². The summed E-state index contributed by atoms with van der Waals surface area (Å²) in [7, 11) is 0. The van der Waals surface area contributed by atoms with Crippen LogP contribution in [-0.2, 0) is 9.59 Å². The van der Waals surface area contributed by atoms with Crippen LogP contribution in [0.25, 0.3) is 0 Å². The van der Waals surface area contributed by atoms with Crippen LogP contribution < -0.4 is 0 Å². The first kappa shape index (κ1) is 11.2. The number of Topliss-reactive ketones (excluding diaryl/α,β-unsaturated/α-hetero) is 1. The maximum atomic E-state index is 11.6. The van der Waals surface area contributed by atoms with Crippen LogP contribution in [0.15, 0.2) is 0 Å². The van der Waals surface area contributed by atoms with Gasteiger partial charge in [0.2, 0.25) is 0 Å². The van der Waals surface area contributed by atoms with Crippen LogP contribution in [0.4, 0.5) is 0 Å². The molecule has 0 bridgehead atoms. The summed E-state index contributed by atoms with van der Waals surface area (Å²) in [6, 6.07) is 0. The van der Waals surface area contributed by atoms with Crippen molar-refractivity contribution in [1.29, 1.82) is 0 Å². The molecule has 80 valence electrons. The van der Waals surface area contributed by atoms with Gasteiger partial charge in [-0.3, -0.25) is 9.59 Å². The van der Waals surface area contributed by atoms with E-state index in [1.54, 1.807) is 0 Å². The summed E-state index contributed by atoms with van der Waals surface area (Å²) in [5.74, 6) is -0.662. The van der Waals surface area contributed by atoms with Crippen molar-refractivity contribution in [1.82, 2.24) is 0 Å². The Hall–Kier alpha value is -0.860. The zero-order valence-corrected chi connectivity index (χ0v) is 8.88. The summed E-state index contributed by atoms with van der Waals surface area (Å²) in [6.07, 6.45) is 3.33. The highest BCUT2D eigenvalue weighted by Gasteiger charge is 2.37. The minimum atomic E-state index is -0.712. The molecule has 1 aliphatic carbocycles. The second kappa shape index (κ2) is 4.11. The van der Waals surface area contributed by atoms with Crippen molar-refractivity contribution in [2.75, 3.05) is 0 Å². The molecule has 1 saturated carbocycles.